The molecule has 1 aromatic rings. The highest BCUT2D eigenvalue weighted by Crippen LogP contribution is 2.45. The lowest BCUT2D eigenvalue weighted by molar-refractivity contribution is 0.120. The van der Waals surface area contributed by atoms with Crippen LogP contribution in [0.3, 0.4) is 0 Å². The van der Waals surface area contributed by atoms with Gasteiger partial charge in [-0.05, 0) is 30.9 Å². The van der Waals surface area contributed by atoms with Crippen LogP contribution in [0.1, 0.15) is 37.3 Å². The molecule has 1 aliphatic heterocycles. The second-order valence-corrected chi connectivity index (χ2v) is 6.47. The summed E-state index contributed by atoms with van der Waals surface area (Å²) in [4.78, 5) is 2.31. The van der Waals surface area contributed by atoms with Gasteiger partial charge in [-0.15, -0.1) is 24.8 Å². The third-order valence-electron chi connectivity index (χ3n) is 4.80. The molecule has 23 heavy (non-hydrogen) atoms. The van der Waals surface area contributed by atoms with Crippen molar-refractivity contribution < 1.29 is 9.50 Å². The predicted octanol–water partition coefficient (Wildman–Crippen LogP) is 4.16. The largest absolute Gasteiger partial charge is 0.506 e. The van der Waals surface area contributed by atoms with Gasteiger partial charge in [0, 0.05) is 37.8 Å². The first-order chi connectivity index (χ1) is 10.2. The third kappa shape index (κ3) is 4.43. The number of piperazine rings is 1. The molecule has 1 saturated carbocycles. The second kappa shape index (κ2) is 9.28. The van der Waals surface area contributed by atoms with Crippen LogP contribution in [0.25, 0.3) is 0 Å². The Balaban J connectivity index is 0.00000132. The summed E-state index contributed by atoms with van der Waals surface area (Å²) in [6.07, 6.45) is 4.58. The first-order valence-electron chi connectivity index (χ1n) is 7.80. The van der Waals surface area contributed by atoms with Crippen molar-refractivity contribution in [1.82, 2.24) is 10.2 Å². The fourth-order valence-electron chi connectivity index (χ4n) is 3.79. The monoisotopic (exact) mass is 384 g/mol. The molecule has 2 aliphatic rings. The lowest BCUT2D eigenvalue weighted by Gasteiger charge is -2.39. The highest BCUT2D eigenvalue weighted by molar-refractivity contribution is 6.32. The number of phenols is 1. The van der Waals surface area contributed by atoms with Crippen molar-refractivity contribution >= 4 is 36.4 Å². The lowest BCUT2D eigenvalue weighted by atomic mass is 9.88. The van der Waals surface area contributed by atoms with Gasteiger partial charge in [-0.1, -0.05) is 24.4 Å². The van der Waals surface area contributed by atoms with E-state index in [2.05, 4.69) is 10.2 Å². The number of aromatic hydroxyl groups is 1. The molecule has 3 rings (SSSR count). The summed E-state index contributed by atoms with van der Waals surface area (Å²) in [5.41, 5.74) is 0.399. The smallest absolute Gasteiger partial charge is 0.141 e. The maximum Gasteiger partial charge on any atom is 0.141 e. The van der Waals surface area contributed by atoms with E-state index in [1.54, 1.807) is 0 Å². The van der Waals surface area contributed by atoms with Crippen molar-refractivity contribution in [3.8, 4) is 5.75 Å². The molecule has 1 aromatic carbocycles. The molecule has 0 spiro atoms. The number of halogens is 4. The quantitative estimate of drug-likeness (QED) is 0.820. The number of rotatable bonds is 3. The van der Waals surface area contributed by atoms with E-state index in [0.29, 0.717) is 11.5 Å². The van der Waals surface area contributed by atoms with Crippen LogP contribution in [0.4, 0.5) is 4.39 Å². The Morgan fingerprint density at radius 3 is 2.39 bits per heavy atom. The number of hydrogen-bond acceptors (Lipinski definition) is 3. The zero-order valence-electron chi connectivity index (χ0n) is 12.9. The van der Waals surface area contributed by atoms with Crippen molar-refractivity contribution in [2.24, 2.45) is 5.92 Å². The van der Waals surface area contributed by atoms with Crippen LogP contribution in [0.5, 0.6) is 5.75 Å². The zero-order chi connectivity index (χ0) is 14.8. The molecular formula is C16H24Cl3FN2O. The Morgan fingerprint density at radius 2 is 1.78 bits per heavy atom. The van der Waals surface area contributed by atoms with Crippen LogP contribution in [0.2, 0.25) is 5.02 Å². The molecule has 1 heterocycles. The normalized spacial score (nSPS) is 20.6. The van der Waals surface area contributed by atoms with E-state index in [9.17, 15) is 9.50 Å². The molecule has 0 radical (unpaired) electrons. The molecule has 7 heteroatoms. The zero-order valence-corrected chi connectivity index (χ0v) is 15.3. The minimum Gasteiger partial charge on any atom is -0.506 e. The number of benzene rings is 1. The number of phenolic OH excluding ortho intramolecular Hbond substituents is 1. The highest BCUT2D eigenvalue weighted by atomic mass is 35.5. The minimum absolute atomic E-state index is 0. The van der Waals surface area contributed by atoms with Crippen LogP contribution in [-0.2, 0) is 0 Å². The summed E-state index contributed by atoms with van der Waals surface area (Å²) in [6.45, 7) is 3.58. The Bertz CT molecular complexity index is 506. The minimum atomic E-state index is -0.340. The van der Waals surface area contributed by atoms with E-state index in [1.165, 1.54) is 25.0 Å². The van der Waals surface area contributed by atoms with Gasteiger partial charge in [-0.3, -0.25) is 4.90 Å². The molecule has 2 N–H and O–H groups in total. The van der Waals surface area contributed by atoms with Gasteiger partial charge in [-0.2, -0.15) is 0 Å². The fourth-order valence-corrected chi connectivity index (χ4v) is 3.95. The fraction of sp³-hybridized carbons (Fsp3) is 0.625. The van der Waals surface area contributed by atoms with E-state index in [-0.39, 0.29) is 47.4 Å². The highest BCUT2D eigenvalue weighted by Gasteiger charge is 2.35. The van der Waals surface area contributed by atoms with Crippen LogP contribution in [-0.4, -0.2) is 36.2 Å². The van der Waals surface area contributed by atoms with Crippen LogP contribution in [0.15, 0.2) is 12.1 Å². The maximum atomic E-state index is 14.4. The van der Waals surface area contributed by atoms with Gasteiger partial charge in [0.15, 0.2) is 0 Å². The van der Waals surface area contributed by atoms with Crippen molar-refractivity contribution in [1.29, 1.82) is 0 Å². The van der Waals surface area contributed by atoms with E-state index >= 15 is 0 Å². The third-order valence-corrected chi connectivity index (χ3v) is 5.11. The molecule has 0 aromatic heterocycles. The van der Waals surface area contributed by atoms with Crippen LogP contribution in [0, 0.1) is 11.7 Å². The molecule has 0 unspecified atom stereocenters. The van der Waals surface area contributed by atoms with Gasteiger partial charge in [0.2, 0.25) is 0 Å². The molecule has 2 fully saturated rings. The molecule has 3 nitrogen and oxygen atoms in total. The maximum absolute atomic E-state index is 14.4. The molecule has 1 aliphatic carbocycles. The van der Waals surface area contributed by atoms with Gasteiger partial charge in [0.05, 0.1) is 5.02 Å². The van der Waals surface area contributed by atoms with Gasteiger partial charge in [0.25, 0.3) is 0 Å². The molecule has 132 valence electrons. The summed E-state index contributed by atoms with van der Waals surface area (Å²) in [5.74, 6) is -0.0126. The van der Waals surface area contributed by atoms with Crippen LogP contribution >= 0.6 is 36.4 Å². The molecular weight excluding hydrogens is 362 g/mol. The first-order valence-corrected chi connectivity index (χ1v) is 8.18. The Kier molecular flexibility index (Phi) is 8.39. The first kappa shape index (κ1) is 20.8. The van der Waals surface area contributed by atoms with Gasteiger partial charge >= 0.3 is 0 Å². The van der Waals surface area contributed by atoms with Gasteiger partial charge in [-0.25, -0.2) is 4.39 Å². The average molecular weight is 386 g/mol. The van der Waals surface area contributed by atoms with Crippen molar-refractivity contribution in [2.45, 2.75) is 31.7 Å². The summed E-state index contributed by atoms with van der Waals surface area (Å²) >= 11 is 6.03. The number of nitrogens with one attached hydrogen (secondary N) is 1. The summed E-state index contributed by atoms with van der Waals surface area (Å²) in [5, 5.41) is 13.9. The van der Waals surface area contributed by atoms with E-state index in [0.717, 1.165) is 39.0 Å². The SMILES string of the molecule is Cl.Cl.Oc1c(Cl)ccc(F)c1[C@H](C1CCCC1)N1CCNCC1. The second-order valence-electron chi connectivity index (χ2n) is 6.07. The van der Waals surface area contributed by atoms with E-state index < -0.39 is 0 Å². The van der Waals surface area contributed by atoms with Crippen LogP contribution < -0.4 is 5.32 Å². The molecule has 1 atom stereocenters. The summed E-state index contributed by atoms with van der Waals surface area (Å²) in [6, 6.07) is 2.74. The van der Waals surface area contributed by atoms with Crippen molar-refractivity contribution in [3.63, 3.8) is 0 Å². The Morgan fingerprint density at radius 1 is 1.17 bits per heavy atom. The molecule has 0 amide bonds. The average Bonchev–Trinajstić information content (AvgIpc) is 3.02. The predicted molar refractivity (Wildman–Crippen MR) is 96.7 cm³/mol. The Hall–Kier alpha value is -0.260. The number of hydrogen-bond donors (Lipinski definition) is 2. The van der Waals surface area contributed by atoms with E-state index in [4.69, 9.17) is 11.6 Å². The summed E-state index contributed by atoms with van der Waals surface area (Å²) < 4.78 is 14.4. The summed E-state index contributed by atoms with van der Waals surface area (Å²) in [7, 11) is 0. The standard InChI is InChI=1S/C16H22ClFN2O.2ClH/c17-12-5-6-13(18)14(16(12)21)15(11-3-1-2-4-11)20-9-7-19-8-10-20;;/h5-6,11,15,19,21H,1-4,7-10H2;2*1H/t15-;;/m0../s1. The molecule has 1 saturated heterocycles. The van der Waals surface area contributed by atoms with Gasteiger partial charge in [0.1, 0.15) is 11.6 Å². The van der Waals surface area contributed by atoms with E-state index in [1.807, 2.05) is 0 Å². The van der Waals surface area contributed by atoms with Crippen molar-refractivity contribution in [3.05, 3.63) is 28.5 Å². The number of nitrogens with zero attached hydrogens (tertiary/aromatic N) is 1. The Labute approximate surface area is 154 Å². The lowest BCUT2D eigenvalue weighted by Crippen LogP contribution is -2.47. The molecule has 0 bridgehead atoms. The van der Waals surface area contributed by atoms with Crippen molar-refractivity contribution in [2.75, 3.05) is 26.2 Å². The topological polar surface area (TPSA) is 35.5 Å². The van der Waals surface area contributed by atoms with Gasteiger partial charge < -0.3 is 10.4 Å².